The molecule has 1 spiro atoms. The Morgan fingerprint density at radius 2 is 2.13 bits per heavy atom. The molecular weight excluding hydrogens is 192 g/mol. The third-order valence-corrected chi connectivity index (χ3v) is 3.61. The average molecular weight is 210 g/mol. The Kier molecular flexibility index (Phi) is 2.21. The zero-order valence-electron chi connectivity index (χ0n) is 9.00. The Morgan fingerprint density at radius 3 is 2.67 bits per heavy atom. The minimum Gasteiger partial charge on any atom is -0.380 e. The first-order chi connectivity index (χ1) is 7.27. The van der Waals surface area contributed by atoms with E-state index in [1.54, 1.807) is 0 Å². The molecule has 1 aliphatic carbocycles. The van der Waals surface area contributed by atoms with Crippen molar-refractivity contribution in [1.29, 1.82) is 0 Å². The molecule has 2 heterocycles. The first-order valence-electron chi connectivity index (χ1n) is 5.85. The zero-order valence-corrected chi connectivity index (χ0v) is 9.00. The van der Waals surface area contributed by atoms with E-state index in [0.29, 0.717) is 11.3 Å². The topological polar surface area (TPSA) is 41.6 Å². The lowest BCUT2D eigenvalue weighted by atomic mass is 9.78. The maximum atomic E-state index is 11.3. The second-order valence-electron chi connectivity index (χ2n) is 5.27. The number of rotatable bonds is 4. The van der Waals surface area contributed by atoms with Gasteiger partial charge in [0, 0.05) is 37.5 Å². The van der Waals surface area contributed by atoms with E-state index in [9.17, 15) is 4.79 Å². The Morgan fingerprint density at radius 1 is 1.40 bits per heavy atom. The minimum atomic E-state index is 0.261. The Labute approximate surface area is 90.0 Å². The smallest absolute Gasteiger partial charge is 0.223 e. The first kappa shape index (κ1) is 9.60. The molecule has 2 aliphatic heterocycles. The number of nitrogens with zero attached hydrogens (tertiary/aromatic N) is 1. The summed E-state index contributed by atoms with van der Waals surface area (Å²) in [5.74, 6) is 0.602. The van der Waals surface area contributed by atoms with E-state index in [4.69, 9.17) is 4.74 Å². The summed E-state index contributed by atoms with van der Waals surface area (Å²) >= 11 is 0. The summed E-state index contributed by atoms with van der Waals surface area (Å²) in [7, 11) is 0. The van der Waals surface area contributed by atoms with Gasteiger partial charge >= 0.3 is 0 Å². The monoisotopic (exact) mass is 210 g/mol. The summed E-state index contributed by atoms with van der Waals surface area (Å²) in [6, 6.07) is 0. The van der Waals surface area contributed by atoms with Crippen LogP contribution >= 0.6 is 0 Å². The van der Waals surface area contributed by atoms with E-state index in [-0.39, 0.29) is 5.91 Å². The van der Waals surface area contributed by atoms with Crippen molar-refractivity contribution >= 4 is 5.91 Å². The van der Waals surface area contributed by atoms with Crippen molar-refractivity contribution in [2.24, 2.45) is 11.3 Å². The molecular formula is C11H18N2O2. The molecule has 0 atom stereocenters. The Balaban J connectivity index is 1.29. The third-order valence-electron chi connectivity index (χ3n) is 3.61. The summed E-state index contributed by atoms with van der Waals surface area (Å²) < 4.78 is 5.21. The van der Waals surface area contributed by atoms with Crippen molar-refractivity contribution in [3.63, 3.8) is 0 Å². The molecule has 15 heavy (non-hydrogen) atoms. The van der Waals surface area contributed by atoms with E-state index in [0.717, 1.165) is 52.2 Å². The maximum absolute atomic E-state index is 11.3. The summed E-state index contributed by atoms with van der Waals surface area (Å²) in [5, 5.41) is 3.00. The predicted molar refractivity (Wildman–Crippen MR) is 55.4 cm³/mol. The summed E-state index contributed by atoms with van der Waals surface area (Å²) in [6.07, 6.45) is 2.19. The first-order valence-corrected chi connectivity index (χ1v) is 5.85. The average Bonchev–Trinajstić information content (AvgIpc) is 2.87. The maximum Gasteiger partial charge on any atom is 0.223 e. The van der Waals surface area contributed by atoms with Crippen molar-refractivity contribution in [3.05, 3.63) is 0 Å². The molecule has 1 amide bonds. The van der Waals surface area contributed by atoms with E-state index in [2.05, 4.69) is 10.2 Å². The van der Waals surface area contributed by atoms with Crippen molar-refractivity contribution in [2.45, 2.75) is 12.8 Å². The largest absolute Gasteiger partial charge is 0.380 e. The number of hydrogen-bond donors (Lipinski definition) is 1. The highest BCUT2D eigenvalue weighted by Crippen LogP contribution is 2.37. The van der Waals surface area contributed by atoms with Crippen LogP contribution in [0.1, 0.15) is 12.8 Å². The Hall–Kier alpha value is -0.610. The van der Waals surface area contributed by atoms with E-state index < -0.39 is 0 Å². The van der Waals surface area contributed by atoms with Crippen molar-refractivity contribution in [3.8, 4) is 0 Å². The van der Waals surface area contributed by atoms with Crippen molar-refractivity contribution in [1.82, 2.24) is 10.2 Å². The SMILES string of the molecule is O=C(NCCN1CC2(COC2)C1)C1CC1. The van der Waals surface area contributed by atoms with E-state index in [1.165, 1.54) is 0 Å². The van der Waals surface area contributed by atoms with Gasteiger partial charge < -0.3 is 15.0 Å². The number of amides is 1. The molecule has 0 bridgehead atoms. The van der Waals surface area contributed by atoms with E-state index >= 15 is 0 Å². The van der Waals surface area contributed by atoms with Gasteiger partial charge in [0.05, 0.1) is 13.2 Å². The summed E-state index contributed by atoms with van der Waals surface area (Å²) in [6.45, 7) is 6.01. The van der Waals surface area contributed by atoms with Gasteiger partial charge in [0.15, 0.2) is 0 Å². The van der Waals surface area contributed by atoms with Gasteiger partial charge in [-0.2, -0.15) is 0 Å². The lowest BCUT2D eigenvalue weighted by molar-refractivity contribution is -0.188. The normalized spacial score (nSPS) is 28.3. The molecule has 3 rings (SSSR count). The number of carbonyl (C=O) groups is 1. The van der Waals surface area contributed by atoms with Gasteiger partial charge in [-0.25, -0.2) is 0 Å². The fourth-order valence-corrected chi connectivity index (χ4v) is 2.46. The highest BCUT2D eigenvalue weighted by molar-refractivity contribution is 5.80. The van der Waals surface area contributed by atoms with Crippen LogP contribution in [0.3, 0.4) is 0 Å². The van der Waals surface area contributed by atoms with Crippen LogP contribution in [-0.4, -0.2) is 50.2 Å². The number of ether oxygens (including phenoxy) is 1. The second-order valence-corrected chi connectivity index (χ2v) is 5.27. The molecule has 2 saturated heterocycles. The summed E-state index contributed by atoms with van der Waals surface area (Å²) in [5.41, 5.74) is 0.500. The van der Waals surface area contributed by atoms with Crippen LogP contribution < -0.4 is 5.32 Å². The van der Waals surface area contributed by atoms with Crippen LogP contribution in [0.5, 0.6) is 0 Å². The number of nitrogens with one attached hydrogen (secondary N) is 1. The van der Waals surface area contributed by atoms with Gasteiger partial charge in [0.1, 0.15) is 0 Å². The molecule has 4 heteroatoms. The van der Waals surface area contributed by atoms with Crippen molar-refractivity contribution < 1.29 is 9.53 Å². The third kappa shape index (κ3) is 1.88. The molecule has 0 aromatic heterocycles. The number of carbonyl (C=O) groups excluding carboxylic acids is 1. The van der Waals surface area contributed by atoms with Gasteiger partial charge in [0.25, 0.3) is 0 Å². The number of hydrogen-bond acceptors (Lipinski definition) is 3. The van der Waals surface area contributed by atoms with Crippen LogP contribution in [0.15, 0.2) is 0 Å². The number of likely N-dealkylation sites (tertiary alicyclic amines) is 1. The quantitative estimate of drug-likeness (QED) is 0.701. The van der Waals surface area contributed by atoms with Gasteiger partial charge in [0.2, 0.25) is 5.91 Å². The zero-order chi connectivity index (χ0) is 10.3. The summed E-state index contributed by atoms with van der Waals surface area (Å²) in [4.78, 5) is 13.7. The molecule has 4 nitrogen and oxygen atoms in total. The molecule has 0 radical (unpaired) electrons. The van der Waals surface area contributed by atoms with Gasteiger partial charge in [-0.15, -0.1) is 0 Å². The Bertz CT molecular complexity index is 264. The predicted octanol–water partition coefficient (Wildman–Crippen LogP) is -0.155. The highest BCUT2D eigenvalue weighted by Gasteiger charge is 2.48. The lowest BCUT2D eigenvalue weighted by Crippen LogP contribution is -2.66. The minimum absolute atomic E-state index is 0.261. The van der Waals surface area contributed by atoms with Crippen LogP contribution in [-0.2, 0) is 9.53 Å². The van der Waals surface area contributed by atoms with Crippen LogP contribution in [0.25, 0.3) is 0 Å². The standard InChI is InChI=1S/C11H18N2O2/c14-10(9-1-2-9)12-3-4-13-5-11(6-13)7-15-8-11/h9H,1-8H2,(H,12,14). The van der Waals surface area contributed by atoms with Gasteiger partial charge in [-0.3, -0.25) is 4.79 Å². The molecule has 84 valence electrons. The fraction of sp³-hybridized carbons (Fsp3) is 0.909. The lowest BCUT2D eigenvalue weighted by Gasteiger charge is -2.55. The fourth-order valence-electron chi connectivity index (χ4n) is 2.46. The van der Waals surface area contributed by atoms with E-state index in [1.807, 2.05) is 0 Å². The molecule has 1 saturated carbocycles. The second kappa shape index (κ2) is 3.46. The molecule has 0 unspecified atom stereocenters. The van der Waals surface area contributed by atoms with Gasteiger partial charge in [-0.1, -0.05) is 0 Å². The molecule has 0 aromatic rings. The molecule has 3 aliphatic rings. The molecule has 1 N–H and O–H groups in total. The van der Waals surface area contributed by atoms with Crippen LogP contribution in [0, 0.1) is 11.3 Å². The van der Waals surface area contributed by atoms with Crippen LogP contribution in [0.2, 0.25) is 0 Å². The van der Waals surface area contributed by atoms with Gasteiger partial charge in [-0.05, 0) is 12.8 Å². The molecule has 3 fully saturated rings. The van der Waals surface area contributed by atoms with Crippen molar-refractivity contribution in [2.75, 3.05) is 39.4 Å². The molecule has 0 aromatic carbocycles. The van der Waals surface area contributed by atoms with Crippen LogP contribution in [0.4, 0.5) is 0 Å². The highest BCUT2D eigenvalue weighted by atomic mass is 16.5.